The van der Waals surface area contributed by atoms with Crippen LogP contribution in [0.3, 0.4) is 0 Å². The van der Waals surface area contributed by atoms with E-state index in [-0.39, 0.29) is 13.2 Å². The first-order valence-corrected chi connectivity index (χ1v) is 6.45. The smallest absolute Gasteiger partial charge is 0.219 e. The minimum atomic E-state index is -3.30. The van der Waals surface area contributed by atoms with Gasteiger partial charge in [0.05, 0.1) is 24.1 Å². The van der Waals surface area contributed by atoms with E-state index in [2.05, 4.69) is 0 Å². The van der Waals surface area contributed by atoms with E-state index in [0.717, 1.165) is 0 Å². The van der Waals surface area contributed by atoms with E-state index < -0.39 is 20.9 Å². The molecule has 6 heteroatoms. The summed E-state index contributed by atoms with van der Waals surface area (Å²) in [6.07, 6.45) is -0.393. The zero-order chi connectivity index (χ0) is 11.7. The van der Waals surface area contributed by atoms with Crippen molar-refractivity contribution in [3.8, 4) is 0 Å². The number of hydrogen-bond donors (Lipinski definition) is 1. The molecular weight excluding hydrogens is 218 g/mol. The van der Waals surface area contributed by atoms with Crippen LogP contribution in [0.4, 0.5) is 0 Å². The largest absolute Gasteiger partial charge is 0.394 e. The normalized spacial score (nSPS) is 25.5. The van der Waals surface area contributed by atoms with Crippen LogP contribution in [-0.2, 0) is 14.8 Å². The van der Waals surface area contributed by atoms with E-state index in [4.69, 9.17) is 9.84 Å². The maximum atomic E-state index is 12.1. The molecule has 15 heavy (non-hydrogen) atoms. The fraction of sp³-hybridized carbons (Fsp3) is 1.00. The number of rotatable bonds is 2. The number of sulfonamides is 1. The molecule has 90 valence electrons. The van der Waals surface area contributed by atoms with Gasteiger partial charge in [-0.1, -0.05) is 0 Å². The van der Waals surface area contributed by atoms with Gasteiger partial charge in [0.2, 0.25) is 10.0 Å². The monoisotopic (exact) mass is 237 g/mol. The second kappa shape index (κ2) is 4.37. The second-order valence-electron chi connectivity index (χ2n) is 4.65. The minimum absolute atomic E-state index is 0.143. The first kappa shape index (κ1) is 12.9. The summed E-state index contributed by atoms with van der Waals surface area (Å²) >= 11 is 0. The lowest BCUT2D eigenvalue weighted by molar-refractivity contribution is -0.0308. The summed E-state index contributed by atoms with van der Waals surface area (Å²) in [4.78, 5) is 0. The molecule has 1 atom stereocenters. The van der Waals surface area contributed by atoms with Gasteiger partial charge >= 0.3 is 0 Å². The van der Waals surface area contributed by atoms with E-state index in [1.807, 2.05) is 0 Å². The van der Waals surface area contributed by atoms with Gasteiger partial charge in [0.15, 0.2) is 0 Å². The van der Waals surface area contributed by atoms with Gasteiger partial charge in [-0.25, -0.2) is 8.42 Å². The highest BCUT2D eigenvalue weighted by atomic mass is 32.2. The van der Waals surface area contributed by atoms with Crippen LogP contribution in [0.25, 0.3) is 0 Å². The third-order valence-corrected chi connectivity index (χ3v) is 4.98. The van der Waals surface area contributed by atoms with Crippen molar-refractivity contribution in [2.75, 3.05) is 26.3 Å². The highest BCUT2D eigenvalue weighted by molar-refractivity contribution is 7.90. The summed E-state index contributed by atoms with van der Waals surface area (Å²) in [5.74, 6) is 0. The zero-order valence-electron chi connectivity index (χ0n) is 9.43. The van der Waals surface area contributed by atoms with Crippen molar-refractivity contribution in [2.45, 2.75) is 31.6 Å². The molecule has 1 N–H and O–H groups in total. The first-order chi connectivity index (χ1) is 6.79. The molecule has 1 aliphatic rings. The quantitative estimate of drug-likeness (QED) is 0.723. The molecular formula is C9H19NO4S. The fourth-order valence-electron chi connectivity index (χ4n) is 1.41. The second-order valence-corrected chi connectivity index (χ2v) is 7.34. The lowest BCUT2D eigenvalue weighted by atomic mass is 10.3. The van der Waals surface area contributed by atoms with Crippen molar-refractivity contribution in [3.63, 3.8) is 0 Å². The molecule has 1 aliphatic heterocycles. The predicted octanol–water partition coefficient (Wildman–Crippen LogP) is -0.192. The average Bonchev–Trinajstić information content (AvgIpc) is 2.16. The molecule has 0 radical (unpaired) electrons. The Bertz CT molecular complexity index is 307. The molecule has 0 amide bonds. The molecule has 1 saturated heterocycles. The molecule has 0 aromatic rings. The maximum Gasteiger partial charge on any atom is 0.219 e. The van der Waals surface area contributed by atoms with E-state index >= 15 is 0 Å². The Morgan fingerprint density at radius 1 is 1.47 bits per heavy atom. The van der Waals surface area contributed by atoms with Crippen LogP contribution in [0.15, 0.2) is 0 Å². The van der Waals surface area contributed by atoms with Crippen molar-refractivity contribution in [1.29, 1.82) is 0 Å². The summed E-state index contributed by atoms with van der Waals surface area (Å²) in [6.45, 7) is 5.84. The summed E-state index contributed by atoms with van der Waals surface area (Å²) in [5, 5.41) is 8.93. The van der Waals surface area contributed by atoms with Gasteiger partial charge in [-0.05, 0) is 20.8 Å². The molecule has 1 rings (SSSR count). The Morgan fingerprint density at radius 3 is 2.53 bits per heavy atom. The first-order valence-electron chi connectivity index (χ1n) is 5.01. The van der Waals surface area contributed by atoms with Crippen molar-refractivity contribution in [3.05, 3.63) is 0 Å². The SMILES string of the molecule is CC(C)(C)S(=O)(=O)N1CCOC(CO)C1. The lowest BCUT2D eigenvalue weighted by Crippen LogP contribution is -2.51. The summed E-state index contributed by atoms with van der Waals surface area (Å²) < 4.78 is 29.9. The van der Waals surface area contributed by atoms with Crippen LogP contribution < -0.4 is 0 Å². The third kappa shape index (κ3) is 2.69. The average molecular weight is 237 g/mol. The van der Waals surface area contributed by atoms with Crippen LogP contribution in [0.2, 0.25) is 0 Å². The number of nitrogens with zero attached hydrogens (tertiary/aromatic N) is 1. The number of aliphatic hydroxyl groups excluding tert-OH is 1. The maximum absolute atomic E-state index is 12.1. The highest BCUT2D eigenvalue weighted by Crippen LogP contribution is 2.22. The van der Waals surface area contributed by atoms with Crippen molar-refractivity contribution >= 4 is 10.0 Å². The molecule has 0 aliphatic carbocycles. The fourth-order valence-corrected chi connectivity index (χ4v) is 2.86. The Morgan fingerprint density at radius 2 is 2.07 bits per heavy atom. The van der Waals surface area contributed by atoms with E-state index in [9.17, 15) is 8.42 Å². The van der Waals surface area contributed by atoms with Crippen molar-refractivity contribution < 1.29 is 18.3 Å². The molecule has 0 aromatic heterocycles. The third-order valence-electron chi connectivity index (χ3n) is 2.42. The van der Waals surface area contributed by atoms with Gasteiger partial charge in [-0.15, -0.1) is 0 Å². The number of morpholine rings is 1. The van der Waals surface area contributed by atoms with Crippen LogP contribution in [0, 0.1) is 0 Å². The summed E-state index contributed by atoms with van der Waals surface area (Å²) in [6, 6.07) is 0. The molecule has 1 fully saturated rings. The standard InChI is InChI=1S/C9H19NO4S/c1-9(2,3)15(12,13)10-4-5-14-8(6-10)7-11/h8,11H,4-7H2,1-3H3. The Balaban J connectivity index is 2.80. The highest BCUT2D eigenvalue weighted by Gasteiger charge is 2.37. The molecule has 0 spiro atoms. The van der Waals surface area contributed by atoms with Crippen molar-refractivity contribution in [2.24, 2.45) is 0 Å². The lowest BCUT2D eigenvalue weighted by Gasteiger charge is -2.35. The Kier molecular flexibility index (Phi) is 3.76. The van der Waals surface area contributed by atoms with E-state index in [1.165, 1.54) is 4.31 Å². The van der Waals surface area contributed by atoms with Crippen LogP contribution in [0.1, 0.15) is 20.8 Å². The molecule has 5 nitrogen and oxygen atoms in total. The van der Waals surface area contributed by atoms with Gasteiger partial charge in [-0.3, -0.25) is 0 Å². The summed E-state index contributed by atoms with van der Waals surface area (Å²) in [7, 11) is -3.30. The summed E-state index contributed by atoms with van der Waals surface area (Å²) in [5.41, 5.74) is 0. The van der Waals surface area contributed by atoms with Crippen LogP contribution in [0.5, 0.6) is 0 Å². The Hall–Kier alpha value is -0.170. The molecule has 1 heterocycles. The topological polar surface area (TPSA) is 66.8 Å². The minimum Gasteiger partial charge on any atom is -0.394 e. The van der Waals surface area contributed by atoms with Gasteiger partial charge in [0, 0.05) is 13.1 Å². The molecule has 1 unspecified atom stereocenters. The molecule has 0 saturated carbocycles. The van der Waals surface area contributed by atoms with Gasteiger partial charge in [0.25, 0.3) is 0 Å². The van der Waals surface area contributed by atoms with Gasteiger partial charge < -0.3 is 9.84 Å². The van der Waals surface area contributed by atoms with Gasteiger partial charge in [-0.2, -0.15) is 4.31 Å². The molecule has 0 bridgehead atoms. The number of hydrogen-bond acceptors (Lipinski definition) is 4. The zero-order valence-corrected chi connectivity index (χ0v) is 10.2. The number of aliphatic hydroxyl groups is 1. The predicted molar refractivity (Wildman–Crippen MR) is 57.1 cm³/mol. The molecule has 0 aromatic carbocycles. The van der Waals surface area contributed by atoms with Gasteiger partial charge in [0.1, 0.15) is 0 Å². The Labute approximate surface area is 91.1 Å². The van der Waals surface area contributed by atoms with E-state index in [1.54, 1.807) is 20.8 Å². The number of ether oxygens (including phenoxy) is 1. The van der Waals surface area contributed by atoms with Crippen LogP contribution >= 0.6 is 0 Å². The van der Waals surface area contributed by atoms with Crippen LogP contribution in [-0.4, -0.2) is 55.0 Å². The van der Waals surface area contributed by atoms with Crippen molar-refractivity contribution in [1.82, 2.24) is 4.31 Å². The van der Waals surface area contributed by atoms with E-state index in [0.29, 0.717) is 13.2 Å².